The second-order valence-corrected chi connectivity index (χ2v) is 11.7. The Hall–Kier alpha value is -2.61. The van der Waals surface area contributed by atoms with Crippen LogP contribution in [0.3, 0.4) is 0 Å². The van der Waals surface area contributed by atoms with Gasteiger partial charge in [-0.1, -0.05) is 59.1 Å². The zero-order chi connectivity index (χ0) is 27.0. The van der Waals surface area contributed by atoms with E-state index in [1.807, 2.05) is 29.2 Å². The van der Waals surface area contributed by atoms with Crippen molar-refractivity contribution in [1.29, 1.82) is 0 Å². The Morgan fingerprint density at radius 3 is 2.69 bits per heavy atom. The minimum Gasteiger partial charge on any atom is -0.372 e. The number of halogens is 3. The molecule has 0 aliphatic carbocycles. The number of pyridine rings is 1. The molecule has 9 heteroatoms. The molecule has 0 radical (unpaired) electrons. The van der Waals surface area contributed by atoms with E-state index in [0.717, 1.165) is 49.3 Å². The van der Waals surface area contributed by atoms with Gasteiger partial charge in [-0.3, -0.25) is 9.80 Å². The first kappa shape index (κ1) is 26.6. The summed E-state index contributed by atoms with van der Waals surface area (Å²) in [6.45, 7) is 5.10. The lowest BCUT2D eigenvalue weighted by Gasteiger charge is -2.40. The third-order valence-corrected chi connectivity index (χ3v) is 9.03. The van der Waals surface area contributed by atoms with E-state index in [4.69, 9.17) is 39.5 Å². The highest BCUT2D eigenvalue weighted by Gasteiger charge is 2.48. The number of nitrogens with zero attached hydrogens (tertiary/aromatic N) is 3. The van der Waals surface area contributed by atoms with Crippen molar-refractivity contribution in [2.75, 3.05) is 31.1 Å². The smallest absolute Gasteiger partial charge is 0.322 e. The van der Waals surface area contributed by atoms with Crippen LogP contribution in [-0.2, 0) is 29.9 Å². The summed E-state index contributed by atoms with van der Waals surface area (Å²) in [5.74, 6) is 0. The molecule has 2 amide bonds. The Balaban J connectivity index is 1.17. The van der Waals surface area contributed by atoms with Crippen LogP contribution in [-0.4, -0.2) is 42.1 Å². The van der Waals surface area contributed by atoms with Gasteiger partial charge >= 0.3 is 6.03 Å². The summed E-state index contributed by atoms with van der Waals surface area (Å²) in [6.07, 6.45) is 7.89. The molecular weight excluding hydrogens is 555 g/mol. The molecule has 1 spiro atoms. The molecule has 3 aliphatic heterocycles. The molecule has 6 rings (SSSR count). The van der Waals surface area contributed by atoms with Crippen LogP contribution >= 0.6 is 34.8 Å². The molecular formula is C30H29Cl3N4O2. The number of fused-ring (bicyclic) bond motifs is 4. The monoisotopic (exact) mass is 582 g/mol. The van der Waals surface area contributed by atoms with Gasteiger partial charge in [-0.05, 0) is 84.1 Å². The molecule has 202 valence electrons. The first-order valence-corrected chi connectivity index (χ1v) is 14.3. The predicted molar refractivity (Wildman–Crippen MR) is 157 cm³/mol. The molecule has 4 heterocycles. The zero-order valence-electron chi connectivity index (χ0n) is 21.4. The second-order valence-electron chi connectivity index (χ2n) is 10.5. The molecule has 39 heavy (non-hydrogen) atoms. The largest absolute Gasteiger partial charge is 0.372 e. The molecule has 1 saturated heterocycles. The molecule has 3 aliphatic rings. The number of benzene rings is 2. The lowest BCUT2D eigenvalue weighted by molar-refractivity contribution is 0.132. The number of aromatic nitrogens is 1. The highest BCUT2D eigenvalue weighted by atomic mass is 35.5. The molecule has 2 aromatic carbocycles. The summed E-state index contributed by atoms with van der Waals surface area (Å²) in [4.78, 5) is 21.9. The van der Waals surface area contributed by atoms with Crippen molar-refractivity contribution in [2.45, 2.75) is 38.0 Å². The van der Waals surface area contributed by atoms with E-state index in [1.54, 1.807) is 12.3 Å². The predicted octanol–water partition coefficient (Wildman–Crippen LogP) is 6.85. The Morgan fingerprint density at radius 2 is 1.90 bits per heavy atom. The van der Waals surface area contributed by atoms with Crippen LogP contribution in [0.15, 0.2) is 54.7 Å². The van der Waals surface area contributed by atoms with Crippen molar-refractivity contribution >= 4 is 52.6 Å². The van der Waals surface area contributed by atoms with E-state index in [1.165, 1.54) is 16.7 Å². The Labute approximate surface area is 243 Å². The number of hydrogen-bond acceptors (Lipinski definition) is 4. The number of piperidine rings is 1. The van der Waals surface area contributed by atoms with Crippen LogP contribution in [0.2, 0.25) is 15.2 Å². The van der Waals surface area contributed by atoms with E-state index < -0.39 is 0 Å². The summed E-state index contributed by atoms with van der Waals surface area (Å²) in [5, 5.41) is 4.63. The summed E-state index contributed by atoms with van der Waals surface area (Å²) >= 11 is 18.2. The fourth-order valence-corrected chi connectivity index (χ4v) is 6.56. The minimum atomic E-state index is -0.0908. The molecule has 1 aromatic heterocycles. The maximum atomic E-state index is 13.5. The van der Waals surface area contributed by atoms with Gasteiger partial charge < -0.3 is 10.1 Å². The van der Waals surface area contributed by atoms with E-state index in [0.29, 0.717) is 41.5 Å². The van der Waals surface area contributed by atoms with E-state index >= 15 is 0 Å². The van der Waals surface area contributed by atoms with E-state index in [9.17, 15) is 4.79 Å². The number of urea groups is 1. The van der Waals surface area contributed by atoms with Gasteiger partial charge in [0.2, 0.25) is 0 Å². The molecule has 3 aromatic rings. The molecule has 0 saturated carbocycles. The fourth-order valence-electron chi connectivity index (χ4n) is 6.06. The third-order valence-electron chi connectivity index (χ3n) is 8.08. The van der Waals surface area contributed by atoms with E-state index in [-0.39, 0.29) is 11.4 Å². The number of anilines is 1. The number of likely N-dealkylation sites (tertiary alicyclic amines) is 1. The van der Waals surface area contributed by atoms with Crippen LogP contribution < -0.4 is 10.2 Å². The summed E-state index contributed by atoms with van der Waals surface area (Å²) in [6, 6.07) is 13.4. The zero-order valence-corrected chi connectivity index (χ0v) is 23.7. The van der Waals surface area contributed by atoms with Crippen LogP contribution in [0.4, 0.5) is 10.5 Å². The summed E-state index contributed by atoms with van der Waals surface area (Å²) in [7, 11) is 0. The number of carbonyl (C=O) groups is 1. The topological polar surface area (TPSA) is 57.7 Å². The van der Waals surface area contributed by atoms with Crippen molar-refractivity contribution in [2.24, 2.45) is 0 Å². The SMILES string of the molecule is O=C(NCc1ccnc(Cl)c1)N1CC2(CCN(CC=Cc3ccc(Cl)c(Cl)c3)CC2)c2c1ccc1c2COC1. The molecule has 0 bridgehead atoms. The quantitative estimate of drug-likeness (QED) is 0.334. The van der Waals surface area contributed by atoms with Crippen molar-refractivity contribution < 1.29 is 9.53 Å². The average Bonchev–Trinajstić information content (AvgIpc) is 3.53. The second kappa shape index (κ2) is 11.1. The van der Waals surface area contributed by atoms with Gasteiger partial charge in [0.05, 0.1) is 23.3 Å². The van der Waals surface area contributed by atoms with Gasteiger partial charge in [-0.25, -0.2) is 9.78 Å². The number of ether oxygens (including phenoxy) is 1. The standard InChI is InChI=1S/C30H29Cl3N4O2/c31-24-5-3-20(14-25(24)32)2-1-11-36-12-8-30(9-13-36)19-37(26-6-4-22-17-39-18-23(22)28(26)30)29(38)35-16-21-7-10-34-27(33)15-21/h1-7,10,14-15H,8-9,11-13,16-19H2,(H,35,38). The molecule has 0 atom stereocenters. The van der Waals surface area contributed by atoms with Gasteiger partial charge in [0.1, 0.15) is 5.15 Å². The molecule has 6 nitrogen and oxygen atoms in total. The van der Waals surface area contributed by atoms with E-state index in [2.05, 4.69) is 39.5 Å². The lowest BCUT2D eigenvalue weighted by Crippen LogP contribution is -2.47. The van der Waals surface area contributed by atoms with Crippen molar-refractivity contribution in [3.63, 3.8) is 0 Å². The number of nitrogens with one attached hydrogen (secondary N) is 1. The normalized spacial score (nSPS) is 18.1. The maximum absolute atomic E-state index is 13.5. The number of hydrogen-bond donors (Lipinski definition) is 1. The van der Waals surface area contributed by atoms with Gasteiger partial charge in [0, 0.05) is 36.9 Å². The Morgan fingerprint density at radius 1 is 1.05 bits per heavy atom. The average molecular weight is 584 g/mol. The highest BCUT2D eigenvalue weighted by Crippen LogP contribution is 2.50. The maximum Gasteiger partial charge on any atom is 0.322 e. The van der Waals surface area contributed by atoms with Crippen LogP contribution in [0.1, 0.15) is 40.7 Å². The van der Waals surface area contributed by atoms with Crippen molar-refractivity contribution in [3.05, 3.63) is 97.8 Å². The first-order chi connectivity index (χ1) is 18.9. The van der Waals surface area contributed by atoms with Crippen LogP contribution in [0.25, 0.3) is 6.08 Å². The first-order valence-electron chi connectivity index (χ1n) is 13.1. The minimum absolute atomic E-state index is 0.0738. The van der Waals surface area contributed by atoms with Crippen LogP contribution in [0.5, 0.6) is 0 Å². The summed E-state index contributed by atoms with van der Waals surface area (Å²) < 4.78 is 5.84. The van der Waals surface area contributed by atoms with Gasteiger partial charge in [-0.2, -0.15) is 0 Å². The fraction of sp³-hybridized carbons (Fsp3) is 0.333. The number of amides is 2. The van der Waals surface area contributed by atoms with Crippen molar-refractivity contribution in [1.82, 2.24) is 15.2 Å². The Kier molecular flexibility index (Phi) is 7.58. The Bertz CT molecular complexity index is 1440. The number of rotatable bonds is 5. The lowest BCUT2D eigenvalue weighted by atomic mass is 9.72. The molecule has 1 fully saturated rings. The van der Waals surface area contributed by atoms with Crippen molar-refractivity contribution in [3.8, 4) is 0 Å². The highest BCUT2D eigenvalue weighted by molar-refractivity contribution is 6.42. The van der Waals surface area contributed by atoms with Gasteiger partial charge in [-0.15, -0.1) is 0 Å². The third kappa shape index (κ3) is 5.41. The van der Waals surface area contributed by atoms with Gasteiger partial charge in [0.15, 0.2) is 0 Å². The number of carbonyl (C=O) groups excluding carboxylic acids is 1. The van der Waals surface area contributed by atoms with Gasteiger partial charge in [0.25, 0.3) is 0 Å². The molecule has 1 N–H and O–H groups in total. The molecule has 0 unspecified atom stereocenters. The summed E-state index contributed by atoms with van der Waals surface area (Å²) in [5.41, 5.74) is 6.72. The van der Waals surface area contributed by atoms with Crippen LogP contribution in [0, 0.1) is 0 Å².